The summed E-state index contributed by atoms with van der Waals surface area (Å²) in [6, 6.07) is 8.05. The Bertz CT molecular complexity index is 1200. The lowest BCUT2D eigenvalue weighted by Crippen LogP contribution is -2.41. The zero-order chi connectivity index (χ0) is 20.6. The predicted molar refractivity (Wildman–Crippen MR) is 103 cm³/mol. The van der Waals surface area contributed by atoms with Gasteiger partial charge in [-0.15, -0.1) is 0 Å². The topological polar surface area (TPSA) is 114 Å². The SMILES string of the molecule is N#Cc1cn(C2CC2)c(=O)n(Cc2cccc(S(=O)(=O)N3CCOCC3)c2)c1=O. The van der Waals surface area contributed by atoms with Crippen LogP contribution < -0.4 is 11.2 Å². The van der Waals surface area contributed by atoms with Gasteiger partial charge in [0.1, 0.15) is 11.6 Å². The molecule has 2 aliphatic rings. The standard InChI is InChI=1S/C19H20N4O5S/c20-11-15-13-22(16-4-5-16)19(25)23(18(15)24)12-14-2-1-3-17(10-14)29(26,27)21-6-8-28-9-7-21/h1-3,10,13,16H,4-9,12H2. The summed E-state index contributed by atoms with van der Waals surface area (Å²) >= 11 is 0. The van der Waals surface area contributed by atoms with Crippen LogP contribution >= 0.6 is 0 Å². The number of nitrogens with zero attached hydrogens (tertiary/aromatic N) is 4. The van der Waals surface area contributed by atoms with Crippen LogP contribution in [0, 0.1) is 11.3 Å². The van der Waals surface area contributed by atoms with Crippen molar-refractivity contribution in [2.75, 3.05) is 26.3 Å². The van der Waals surface area contributed by atoms with Crippen molar-refractivity contribution < 1.29 is 13.2 Å². The molecule has 1 saturated heterocycles. The third-order valence-corrected chi connectivity index (χ3v) is 7.00. The van der Waals surface area contributed by atoms with E-state index in [2.05, 4.69) is 0 Å². The fourth-order valence-corrected chi connectivity index (χ4v) is 4.85. The molecule has 1 aromatic heterocycles. The van der Waals surface area contributed by atoms with Crippen molar-refractivity contribution in [3.63, 3.8) is 0 Å². The number of nitriles is 1. The molecule has 9 nitrogen and oxygen atoms in total. The molecule has 1 aliphatic heterocycles. The van der Waals surface area contributed by atoms with Crippen molar-refractivity contribution in [2.24, 2.45) is 0 Å². The summed E-state index contributed by atoms with van der Waals surface area (Å²) in [6.07, 6.45) is 2.98. The van der Waals surface area contributed by atoms with Gasteiger partial charge in [0.2, 0.25) is 10.0 Å². The van der Waals surface area contributed by atoms with Crippen LogP contribution in [0.4, 0.5) is 0 Å². The quantitative estimate of drug-likeness (QED) is 0.692. The first-order chi connectivity index (χ1) is 13.9. The maximum absolute atomic E-state index is 12.9. The van der Waals surface area contributed by atoms with E-state index in [1.54, 1.807) is 12.1 Å². The minimum atomic E-state index is -3.69. The van der Waals surface area contributed by atoms with Crippen molar-refractivity contribution in [2.45, 2.75) is 30.3 Å². The van der Waals surface area contributed by atoms with Gasteiger partial charge in [0.15, 0.2) is 0 Å². The van der Waals surface area contributed by atoms with Gasteiger partial charge in [-0.2, -0.15) is 9.57 Å². The molecule has 0 bridgehead atoms. The van der Waals surface area contributed by atoms with Crippen molar-refractivity contribution >= 4 is 10.0 Å². The number of sulfonamides is 1. The van der Waals surface area contributed by atoms with Gasteiger partial charge in [-0.3, -0.25) is 13.9 Å². The Hall–Kier alpha value is -2.74. The molecule has 1 saturated carbocycles. The zero-order valence-corrected chi connectivity index (χ0v) is 16.5. The molecule has 0 radical (unpaired) electrons. The summed E-state index contributed by atoms with van der Waals surface area (Å²) in [5.74, 6) is 0. The highest BCUT2D eigenvalue weighted by molar-refractivity contribution is 7.89. The number of hydrogen-bond donors (Lipinski definition) is 0. The molecule has 0 spiro atoms. The summed E-state index contributed by atoms with van der Waals surface area (Å²) in [7, 11) is -3.69. The summed E-state index contributed by atoms with van der Waals surface area (Å²) in [5.41, 5.74) is -0.765. The van der Waals surface area contributed by atoms with Crippen LogP contribution in [-0.4, -0.2) is 48.2 Å². The lowest BCUT2D eigenvalue weighted by atomic mass is 10.2. The average Bonchev–Trinajstić information content (AvgIpc) is 3.57. The van der Waals surface area contributed by atoms with Crippen LogP contribution in [0.25, 0.3) is 0 Å². The molecular formula is C19H20N4O5S. The predicted octanol–water partition coefficient (Wildman–Crippen LogP) is 0.286. The van der Waals surface area contributed by atoms with Crippen LogP contribution in [0.5, 0.6) is 0 Å². The molecule has 29 heavy (non-hydrogen) atoms. The van der Waals surface area contributed by atoms with Gasteiger partial charge in [0.05, 0.1) is 24.7 Å². The molecule has 0 atom stereocenters. The first-order valence-corrected chi connectivity index (χ1v) is 10.8. The first-order valence-electron chi connectivity index (χ1n) is 9.35. The summed E-state index contributed by atoms with van der Waals surface area (Å²) in [5, 5.41) is 9.25. The normalized spacial score (nSPS) is 17.8. The minimum Gasteiger partial charge on any atom is -0.379 e. The van der Waals surface area contributed by atoms with E-state index in [9.17, 15) is 23.3 Å². The van der Waals surface area contributed by atoms with E-state index >= 15 is 0 Å². The van der Waals surface area contributed by atoms with Crippen molar-refractivity contribution in [3.05, 3.63) is 62.4 Å². The lowest BCUT2D eigenvalue weighted by Gasteiger charge is -2.26. The van der Waals surface area contributed by atoms with E-state index < -0.39 is 21.3 Å². The summed E-state index contributed by atoms with van der Waals surface area (Å²) in [6.45, 7) is 1.14. The number of morpholine rings is 1. The van der Waals surface area contributed by atoms with Crippen molar-refractivity contribution in [1.82, 2.24) is 13.4 Å². The highest BCUT2D eigenvalue weighted by Crippen LogP contribution is 2.33. The number of aromatic nitrogens is 2. The number of benzene rings is 1. The average molecular weight is 416 g/mol. The molecule has 2 heterocycles. The molecule has 2 fully saturated rings. The highest BCUT2D eigenvalue weighted by Gasteiger charge is 2.28. The first kappa shape index (κ1) is 19.6. The van der Waals surface area contributed by atoms with Crippen LogP contribution in [0.2, 0.25) is 0 Å². The molecule has 10 heteroatoms. The van der Waals surface area contributed by atoms with Gasteiger partial charge >= 0.3 is 5.69 Å². The third-order valence-electron chi connectivity index (χ3n) is 5.10. The van der Waals surface area contributed by atoms with Crippen LogP contribution in [0.15, 0.2) is 44.9 Å². The van der Waals surface area contributed by atoms with E-state index in [1.165, 1.54) is 27.2 Å². The fourth-order valence-electron chi connectivity index (χ4n) is 3.37. The van der Waals surface area contributed by atoms with Crippen LogP contribution in [-0.2, 0) is 21.3 Å². The van der Waals surface area contributed by atoms with Gasteiger partial charge in [-0.25, -0.2) is 13.2 Å². The maximum Gasteiger partial charge on any atom is 0.331 e. The Balaban J connectivity index is 1.71. The van der Waals surface area contributed by atoms with E-state index in [1.807, 2.05) is 6.07 Å². The lowest BCUT2D eigenvalue weighted by molar-refractivity contribution is 0.0730. The molecule has 0 unspecified atom stereocenters. The summed E-state index contributed by atoms with van der Waals surface area (Å²) < 4.78 is 34.7. The minimum absolute atomic E-state index is 0.00878. The molecule has 4 rings (SSSR count). The van der Waals surface area contributed by atoms with Gasteiger partial charge in [-0.1, -0.05) is 12.1 Å². The Kier molecular flexibility index (Phi) is 5.12. The number of hydrogen-bond acceptors (Lipinski definition) is 6. The van der Waals surface area contributed by atoms with Crippen LogP contribution in [0.1, 0.15) is 30.0 Å². The fraction of sp³-hybridized carbons (Fsp3) is 0.421. The van der Waals surface area contributed by atoms with Crippen molar-refractivity contribution in [3.8, 4) is 6.07 Å². The molecule has 152 valence electrons. The number of rotatable bonds is 5. The molecule has 1 aliphatic carbocycles. The highest BCUT2D eigenvalue weighted by atomic mass is 32.2. The van der Waals surface area contributed by atoms with E-state index in [0.717, 1.165) is 17.4 Å². The largest absolute Gasteiger partial charge is 0.379 e. The molecular weight excluding hydrogens is 396 g/mol. The number of ether oxygens (including phenoxy) is 1. The summed E-state index contributed by atoms with van der Waals surface area (Å²) in [4.78, 5) is 25.4. The van der Waals surface area contributed by atoms with Gasteiger partial charge in [0, 0.05) is 25.3 Å². The van der Waals surface area contributed by atoms with Gasteiger partial charge in [0.25, 0.3) is 5.56 Å². The maximum atomic E-state index is 12.9. The Labute approximate surface area is 167 Å². The smallest absolute Gasteiger partial charge is 0.331 e. The van der Waals surface area contributed by atoms with Crippen LogP contribution in [0.3, 0.4) is 0 Å². The monoisotopic (exact) mass is 416 g/mol. The Morgan fingerprint density at radius 3 is 2.55 bits per heavy atom. The second-order valence-electron chi connectivity index (χ2n) is 7.13. The second-order valence-corrected chi connectivity index (χ2v) is 9.07. The van der Waals surface area contributed by atoms with Gasteiger partial charge in [-0.05, 0) is 30.5 Å². The third kappa shape index (κ3) is 3.76. The molecule has 1 aromatic carbocycles. The van der Waals surface area contributed by atoms with E-state index in [4.69, 9.17) is 4.74 Å². The Morgan fingerprint density at radius 1 is 1.17 bits per heavy atom. The van der Waals surface area contributed by atoms with E-state index in [-0.39, 0.29) is 36.1 Å². The zero-order valence-electron chi connectivity index (χ0n) is 15.7. The second kappa shape index (κ2) is 7.59. The van der Waals surface area contributed by atoms with Crippen molar-refractivity contribution in [1.29, 1.82) is 5.26 Å². The molecule has 0 amide bonds. The van der Waals surface area contributed by atoms with Gasteiger partial charge < -0.3 is 4.74 Å². The Morgan fingerprint density at radius 2 is 1.90 bits per heavy atom. The molecule has 2 aromatic rings. The van der Waals surface area contributed by atoms with E-state index in [0.29, 0.717) is 18.8 Å². The molecule has 0 N–H and O–H groups in total.